The van der Waals surface area contributed by atoms with Gasteiger partial charge >= 0.3 is 0 Å². The third kappa shape index (κ3) is 6.02. The number of benzene rings is 2. The summed E-state index contributed by atoms with van der Waals surface area (Å²) in [4.78, 5) is 19.8. The van der Waals surface area contributed by atoms with Gasteiger partial charge in [0.2, 0.25) is 0 Å². The molecule has 0 spiro atoms. The number of carbonyl (C=O) groups is 1. The Balaban J connectivity index is 1.51. The van der Waals surface area contributed by atoms with Crippen LogP contribution in [-0.4, -0.2) is 56.1 Å². The average molecular weight is 484 g/mol. The molecule has 3 aromatic rings. The molecule has 0 radical (unpaired) electrons. The number of methoxy groups -OCH3 is 1. The summed E-state index contributed by atoms with van der Waals surface area (Å²) in [6.07, 6.45) is 3.38. The molecule has 1 aliphatic heterocycles. The van der Waals surface area contributed by atoms with Crippen LogP contribution in [0.25, 0.3) is 22.0 Å². The Bertz CT molecular complexity index is 1290. The van der Waals surface area contributed by atoms with Gasteiger partial charge in [0.1, 0.15) is 11.4 Å². The first kappa shape index (κ1) is 25.2. The van der Waals surface area contributed by atoms with E-state index in [-0.39, 0.29) is 5.91 Å². The Morgan fingerprint density at radius 3 is 2.75 bits per heavy atom. The van der Waals surface area contributed by atoms with Crippen LogP contribution in [0.4, 0.5) is 5.69 Å². The Morgan fingerprint density at radius 1 is 1.22 bits per heavy atom. The standard InChI is InChI=1S/C29H33N5O2/c1-20(18-30)19-32-28-24-17-23(8-7-22(24)9-10-27(28)36-3)25-5-4-6-26(33-25)29(35)31-14-11-21-12-15-34(2)16-13-21/h4-10,17,21,32H,1,11-16,19H2,2-3H3,(H,31,35). The molecule has 4 rings (SSSR count). The van der Waals surface area contributed by atoms with Crippen molar-refractivity contribution in [3.8, 4) is 23.1 Å². The molecular weight excluding hydrogens is 450 g/mol. The van der Waals surface area contributed by atoms with Crippen LogP contribution in [0.1, 0.15) is 29.8 Å². The Labute approximate surface area is 212 Å². The van der Waals surface area contributed by atoms with Gasteiger partial charge in [0.15, 0.2) is 0 Å². The van der Waals surface area contributed by atoms with E-state index in [4.69, 9.17) is 10.00 Å². The summed E-state index contributed by atoms with van der Waals surface area (Å²) in [6, 6.07) is 17.5. The van der Waals surface area contributed by atoms with E-state index >= 15 is 0 Å². The monoisotopic (exact) mass is 483 g/mol. The third-order valence-corrected chi connectivity index (χ3v) is 6.79. The maximum absolute atomic E-state index is 12.8. The smallest absolute Gasteiger partial charge is 0.269 e. The number of pyridine rings is 1. The molecule has 7 nitrogen and oxygen atoms in total. The second-order valence-corrected chi connectivity index (χ2v) is 9.35. The van der Waals surface area contributed by atoms with Crippen LogP contribution < -0.4 is 15.4 Å². The number of nitrogens with zero attached hydrogens (tertiary/aromatic N) is 3. The lowest BCUT2D eigenvalue weighted by Gasteiger charge is -2.28. The lowest BCUT2D eigenvalue weighted by molar-refractivity contribution is 0.0944. The van der Waals surface area contributed by atoms with Crippen LogP contribution >= 0.6 is 0 Å². The highest BCUT2D eigenvalue weighted by atomic mass is 16.5. The van der Waals surface area contributed by atoms with Crippen molar-refractivity contribution in [2.75, 3.05) is 45.7 Å². The van der Waals surface area contributed by atoms with Crippen molar-refractivity contribution in [2.24, 2.45) is 5.92 Å². The van der Waals surface area contributed by atoms with E-state index in [0.717, 1.165) is 47.2 Å². The summed E-state index contributed by atoms with van der Waals surface area (Å²) < 4.78 is 5.56. The molecule has 1 fully saturated rings. The molecule has 1 amide bonds. The number of piperidine rings is 1. The summed E-state index contributed by atoms with van der Waals surface area (Å²) in [6.45, 7) is 7.00. The normalized spacial score (nSPS) is 14.2. The summed E-state index contributed by atoms with van der Waals surface area (Å²) in [7, 11) is 3.78. The number of hydrogen-bond acceptors (Lipinski definition) is 6. The van der Waals surface area contributed by atoms with Crippen LogP contribution in [0.5, 0.6) is 5.75 Å². The molecule has 186 valence electrons. The van der Waals surface area contributed by atoms with Crippen molar-refractivity contribution in [1.29, 1.82) is 5.26 Å². The number of rotatable bonds is 9. The summed E-state index contributed by atoms with van der Waals surface area (Å²) in [5, 5.41) is 17.4. The van der Waals surface area contributed by atoms with Gasteiger partial charge in [-0.15, -0.1) is 0 Å². The Kier molecular flexibility index (Phi) is 8.19. The number of likely N-dealkylation sites (tertiary alicyclic amines) is 1. The van der Waals surface area contributed by atoms with E-state index in [2.05, 4.69) is 40.2 Å². The molecule has 36 heavy (non-hydrogen) atoms. The first-order chi connectivity index (χ1) is 17.5. The number of nitrogens with one attached hydrogen (secondary N) is 2. The number of ether oxygens (including phenoxy) is 1. The van der Waals surface area contributed by atoms with Crippen LogP contribution in [0, 0.1) is 17.2 Å². The molecule has 0 saturated carbocycles. The predicted octanol–water partition coefficient (Wildman–Crippen LogP) is 4.86. The highest BCUT2D eigenvalue weighted by Crippen LogP contribution is 2.35. The van der Waals surface area contributed by atoms with Gasteiger partial charge in [-0.2, -0.15) is 5.26 Å². The van der Waals surface area contributed by atoms with E-state index in [1.165, 1.54) is 12.8 Å². The number of nitriles is 1. The fourth-order valence-corrected chi connectivity index (χ4v) is 4.60. The minimum absolute atomic E-state index is 0.149. The molecule has 0 aliphatic carbocycles. The summed E-state index contributed by atoms with van der Waals surface area (Å²) in [5.41, 5.74) is 3.23. The molecule has 1 aromatic heterocycles. The van der Waals surface area contributed by atoms with Crippen molar-refractivity contribution >= 4 is 22.4 Å². The zero-order chi connectivity index (χ0) is 25.5. The summed E-state index contributed by atoms with van der Waals surface area (Å²) in [5.74, 6) is 1.20. The summed E-state index contributed by atoms with van der Waals surface area (Å²) >= 11 is 0. The maximum atomic E-state index is 12.8. The Morgan fingerprint density at radius 2 is 2.00 bits per heavy atom. The first-order valence-corrected chi connectivity index (χ1v) is 12.3. The number of aromatic nitrogens is 1. The van der Waals surface area contributed by atoms with Gasteiger partial charge in [-0.05, 0) is 75.0 Å². The highest BCUT2D eigenvalue weighted by Gasteiger charge is 2.17. The van der Waals surface area contributed by atoms with Crippen molar-refractivity contribution in [3.63, 3.8) is 0 Å². The molecule has 1 aliphatic rings. The SMILES string of the molecule is C=C(C#N)CNc1c(OC)ccc2ccc(-c3cccc(C(=O)NCCC4CCN(C)CC4)n3)cc12. The van der Waals surface area contributed by atoms with E-state index in [1.54, 1.807) is 13.2 Å². The second kappa shape index (κ2) is 11.7. The fourth-order valence-electron chi connectivity index (χ4n) is 4.60. The molecule has 2 N–H and O–H groups in total. The van der Waals surface area contributed by atoms with Crippen molar-refractivity contribution in [3.05, 3.63) is 66.4 Å². The van der Waals surface area contributed by atoms with Gasteiger partial charge in [-0.1, -0.05) is 30.8 Å². The zero-order valence-electron chi connectivity index (χ0n) is 21.0. The van der Waals surface area contributed by atoms with Gasteiger partial charge < -0.3 is 20.3 Å². The molecule has 0 unspecified atom stereocenters. The van der Waals surface area contributed by atoms with Crippen molar-refractivity contribution < 1.29 is 9.53 Å². The average Bonchev–Trinajstić information content (AvgIpc) is 2.92. The van der Waals surface area contributed by atoms with Crippen molar-refractivity contribution in [2.45, 2.75) is 19.3 Å². The van der Waals surface area contributed by atoms with Crippen LogP contribution in [0.2, 0.25) is 0 Å². The van der Waals surface area contributed by atoms with Gasteiger partial charge in [0, 0.05) is 29.6 Å². The molecule has 0 atom stereocenters. The zero-order valence-corrected chi connectivity index (χ0v) is 21.0. The number of anilines is 1. The van der Waals surface area contributed by atoms with Gasteiger partial charge in [-0.25, -0.2) is 4.98 Å². The predicted molar refractivity (Wildman–Crippen MR) is 144 cm³/mol. The number of fused-ring (bicyclic) bond motifs is 1. The maximum Gasteiger partial charge on any atom is 0.269 e. The van der Waals surface area contributed by atoms with Crippen LogP contribution in [0.3, 0.4) is 0 Å². The minimum Gasteiger partial charge on any atom is -0.495 e. The van der Waals surface area contributed by atoms with E-state index < -0.39 is 0 Å². The van der Waals surface area contributed by atoms with Gasteiger partial charge in [-0.3, -0.25) is 4.79 Å². The molecule has 0 bridgehead atoms. The van der Waals surface area contributed by atoms with E-state index in [9.17, 15) is 4.79 Å². The minimum atomic E-state index is -0.149. The lowest BCUT2D eigenvalue weighted by atomic mass is 9.94. The van der Waals surface area contributed by atoms with Crippen LogP contribution in [-0.2, 0) is 0 Å². The van der Waals surface area contributed by atoms with Crippen LogP contribution in [0.15, 0.2) is 60.7 Å². The molecule has 7 heteroatoms. The molecule has 2 aromatic carbocycles. The van der Waals surface area contributed by atoms with Gasteiger partial charge in [0.05, 0.1) is 24.6 Å². The molecular formula is C29H33N5O2. The molecule has 1 saturated heterocycles. The molecule has 2 heterocycles. The third-order valence-electron chi connectivity index (χ3n) is 6.79. The number of amides is 1. The van der Waals surface area contributed by atoms with Gasteiger partial charge in [0.25, 0.3) is 5.91 Å². The number of carbonyl (C=O) groups excluding carboxylic acids is 1. The van der Waals surface area contributed by atoms with E-state index in [1.807, 2.05) is 42.5 Å². The Hall–Kier alpha value is -3.89. The lowest BCUT2D eigenvalue weighted by Crippen LogP contribution is -2.32. The highest BCUT2D eigenvalue weighted by molar-refractivity contribution is 5.99. The quantitative estimate of drug-likeness (QED) is 0.422. The first-order valence-electron chi connectivity index (χ1n) is 12.3. The number of hydrogen-bond donors (Lipinski definition) is 2. The second-order valence-electron chi connectivity index (χ2n) is 9.35. The van der Waals surface area contributed by atoms with E-state index in [0.29, 0.717) is 36.0 Å². The van der Waals surface area contributed by atoms with Crippen molar-refractivity contribution in [1.82, 2.24) is 15.2 Å². The fraction of sp³-hybridized carbons (Fsp3) is 0.345. The largest absolute Gasteiger partial charge is 0.495 e. The topological polar surface area (TPSA) is 90.3 Å².